The van der Waals surface area contributed by atoms with Crippen LogP contribution in [0.5, 0.6) is 0 Å². The summed E-state index contributed by atoms with van der Waals surface area (Å²) in [5, 5.41) is 2.93. The number of hydrogen-bond acceptors (Lipinski definition) is 5. The van der Waals surface area contributed by atoms with Gasteiger partial charge >= 0.3 is 0 Å². The van der Waals surface area contributed by atoms with Crippen LogP contribution < -0.4 is 5.32 Å². The topological polar surface area (TPSA) is 59.1 Å². The van der Waals surface area contributed by atoms with Crippen molar-refractivity contribution in [1.29, 1.82) is 0 Å². The van der Waals surface area contributed by atoms with E-state index in [9.17, 15) is 9.59 Å². The molecule has 0 bridgehead atoms. The first-order chi connectivity index (χ1) is 14.0. The molecule has 2 heterocycles. The number of benzene rings is 1. The number of carbonyl (C=O) groups is 2. The number of carbonyl (C=O) groups excluding carboxylic acids is 2. The van der Waals surface area contributed by atoms with Gasteiger partial charge in [-0.15, -0.1) is 0 Å². The van der Waals surface area contributed by atoms with Gasteiger partial charge in [0.05, 0.1) is 13.1 Å². The summed E-state index contributed by atoms with van der Waals surface area (Å²) in [6.07, 6.45) is 0. The van der Waals surface area contributed by atoms with E-state index in [-0.39, 0.29) is 17.9 Å². The molecule has 1 aromatic carbocycles. The zero-order chi connectivity index (χ0) is 20.6. The second-order valence-electron chi connectivity index (χ2n) is 8.42. The molecule has 2 aliphatic heterocycles. The van der Waals surface area contributed by atoms with Gasteiger partial charge in [-0.25, -0.2) is 0 Å². The zero-order valence-electron chi connectivity index (χ0n) is 17.8. The van der Waals surface area contributed by atoms with Crippen LogP contribution in [0.15, 0.2) is 30.3 Å². The van der Waals surface area contributed by atoms with Crippen LogP contribution in [0.1, 0.15) is 19.4 Å². The van der Waals surface area contributed by atoms with E-state index >= 15 is 0 Å². The molecule has 0 unspecified atom stereocenters. The summed E-state index contributed by atoms with van der Waals surface area (Å²) in [5.74, 6) is 0.279. The summed E-state index contributed by atoms with van der Waals surface area (Å²) in [6, 6.07) is 10.7. The van der Waals surface area contributed by atoms with Crippen LogP contribution in [0.4, 0.5) is 0 Å². The number of rotatable bonds is 7. The largest absolute Gasteiger partial charge is 0.353 e. The third-order valence-corrected chi connectivity index (χ3v) is 5.61. The maximum atomic E-state index is 12.7. The lowest BCUT2D eigenvalue weighted by Gasteiger charge is -2.38. The molecule has 2 amide bonds. The van der Waals surface area contributed by atoms with Gasteiger partial charge in [0.25, 0.3) is 0 Å². The van der Waals surface area contributed by atoms with Crippen molar-refractivity contribution < 1.29 is 9.59 Å². The third-order valence-electron chi connectivity index (χ3n) is 5.61. The van der Waals surface area contributed by atoms with Crippen LogP contribution in [0.3, 0.4) is 0 Å². The molecule has 2 saturated heterocycles. The highest BCUT2D eigenvalue weighted by atomic mass is 16.2. The standard InChI is InChI=1S/C22H35N5O2/c1-19(2)23-21(28)17-25-12-14-27(15-13-25)22(29)18-26-10-8-24(9-11-26)16-20-6-4-3-5-7-20/h3-7,19H,8-18H2,1-2H3,(H,23,28). The van der Waals surface area contributed by atoms with E-state index in [1.165, 1.54) is 5.56 Å². The van der Waals surface area contributed by atoms with Crippen molar-refractivity contribution in [2.24, 2.45) is 0 Å². The van der Waals surface area contributed by atoms with E-state index in [1.807, 2.05) is 24.8 Å². The number of nitrogens with zero attached hydrogens (tertiary/aromatic N) is 4. The number of nitrogens with one attached hydrogen (secondary N) is 1. The predicted octanol–water partition coefficient (Wildman–Crippen LogP) is 0.473. The van der Waals surface area contributed by atoms with Gasteiger partial charge < -0.3 is 10.2 Å². The van der Waals surface area contributed by atoms with Crippen LogP contribution in [0.2, 0.25) is 0 Å². The Morgan fingerprint density at radius 3 is 2.00 bits per heavy atom. The van der Waals surface area contributed by atoms with Crippen LogP contribution in [0, 0.1) is 0 Å². The van der Waals surface area contributed by atoms with Crippen molar-refractivity contribution >= 4 is 11.8 Å². The van der Waals surface area contributed by atoms with Crippen molar-refractivity contribution in [2.75, 3.05) is 65.4 Å². The summed E-state index contributed by atoms with van der Waals surface area (Å²) in [7, 11) is 0. The summed E-state index contributed by atoms with van der Waals surface area (Å²) in [4.78, 5) is 33.4. The quantitative estimate of drug-likeness (QED) is 0.720. The summed E-state index contributed by atoms with van der Waals surface area (Å²) in [6.45, 7) is 12.7. The van der Waals surface area contributed by atoms with Gasteiger partial charge in [-0.05, 0) is 19.4 Å². The highest BCUT2D eigenvalue weighted by Crippen LogP contribution is 2.09. The third kappa shape index (κ3) is 7.10. The Hall–Kier alpha value is -1.96. The molecule has 0 aliphatic carbocycles. The summed E-state index contributed by atoms with van der Waals surface area (Å²) < 4.78 is 0. The molecule has 1 N–H and O–H groups in total. The molecule has 29 heavy (non-hydrogen) atoms. The van der Waals surface area contributed by atoms with E-state index < -0.39 is 0 Å². The first-order valence-electron chi connectivity index (χ1n) is 10.8. The SMILES string of the molecule is CC(C)NC(=O)CN1CCN(C(=O)CN2CCN(Cc3ccccc3)CC2)CC1. The van der Waals surface area contributed by atoms with E-state index in [2.05, 4.69) is 44.3 Å². The Balaban J connectivity index is 1.34. The normalized spacial score (nSPS) is 19.5. The Labute approximate surface area is 174 Å². The molecule has 2 fully saturated rings. The monoisotopic (exact) mass is 401 g/mol. The summed E-state index contributed by atoms with van der Waals surface area (Å²) >= 11 is 0. The van der Waals surface area contributed by atoms with E-state index in [4.69, 9.17) is 0 Å². The fourth-order valence-corrected chi connectivity index (χ4v) is 3.96. The average molecular weight is 402 g/mol. The molecule has 0 atom stereocenters. The zero-order valence-corrected chi connectivity index (χ0v) is 17.8. The molecule has 7 heteroatoms. The average Bonchev–Trinajstić information content (AvgIpc) is 2.70. The van der Waals surface area contributed by atoms with Gasteiger partial charge in [-0.2, -0.15) is 0 Å². The van der Waals surface area contributed by atoms with Gasteiger partial charge in [-0.1, -0.05) is 30.3 Å². The first-order valence-corrected chi connectivity index (χ1v) is 10.8. The van der Waals surface area contributed by atoms with Gasteiger partial charge in [0.2, 0.25) is 11.8 Å². The molecule has 2 aliphatic rings. The second kappa shape index (κ2) is 10.7. The molecular weight excluding hydrogens is 366 g/mol. The smallest absolute Gasteiger partial charge is 0.236 e. The predicted molar refractivity (Wildman–Crippen MR) is 114 cm³/mol. The van der Waals surface area contributed by atoms with Crippen LogP contribution in [-0.2, 0) is 16.1 Å². The van der Waals surface area contributed by atoms with Gasteiger partial charge in [0.15, 0.2) is 0 Å². The molecule has 7 nitrogen and oxygen atoms in total. The van der Waals surface area contributed by atoms with Crippen molar-refractivity contribution in [1.82, 2.24) is 24.9 Å². The van der Waals surface area contributed by atoms with Crippen molar-refractivity contribution in [2.45, 2.75) is 26.4 Å². The Morgan fingerprint density at radius 2 is 1.38 bits per heavy atom. The Bertz CT molecular complexity index is 650. The van der Waals surface area contributed by atoms with E-state index in [0.717, 1.165) is 45.8 Å². The lowest BCUT2D eigenvalue weighted by atomic mass is 10.2. The van der Waals surface area contributed by atoms with Gasteiger partial charge in [0.1, 0.15) is 0 Å². The lowest BCUT2D eigenvalue weighted by Crippen LogP contribution is -2.54. The highest BCUT2D eigenvalue weighted by molar-refractivity contribution is 5.79. The number of piperazine rings is 2. The van der Waals surface area contributed by atoms with Crippen molar-refractivity contribution in [3.05, 3.63) is 35.9 Å². The first kappa shape index (κ1) is 21.7. The molecule has 0 radical (unpaired) electrons. The van der Waals surface area contributed by atoms with Crippen molar-refractivity contribution in [3.8, 4) is 0 Å². The maximum Gasteiger partial charge on any atom is 0.236 e. The number of amides is 2. The highest BCUT2D eigenvalue weighted by Gasteiger charge is 2.25. The van der Waals surface area contributed by atoms with Gasteiger partial charge in [0, 0.05) is 64.9 Å². The molecule has 0 spiro atoms. The van der Waals surface area contributed by atoms with Gasteiger partial charge in [-0.3, -0.25) is 24.3 Å². The fourth-order valence-electron chi connectivity index (χ4n) is 3.96. The minimum Gasteiger partial charge on any atom is -0.353 e. The maximum absolute atomic E-state index is 12.7. The van der Waals surface area contributed by atoms with Crippen LogP contribution >= 0.6 is 0 Å². The molecule has 0 saturated carbocycles. The van der Waals surface area contributed by atoms with Crippen LogP contribution in [-0.4, -0.2) is 103 Å². The van der Waals surface area contributed by atoms with E-state index in [1.54, 1.807) is 0 Å². The fraction of sp³-hybridized carbons (Fsp3) is 0.636. The Morgan fingerprint density at radius 1 is 0.828 bits per heavy atom. The minimum atomic E-state index is 0.0631. The number of hydrogen-bond donors (Lipinski definition) is 1. The van der Waals surface area contributed by atoms with Crippen LogP contribution in [0.25, 0.3) is 0 Å². The lowest BCUT2D eigenvalue weighted by molar-refractivity contribution is -0.134. The summed E-state index contributed by atoms with van der Waals surface area (Å²) in [5.41, 5.74) is 1.34. The molecule has 0 aromatic heterocycles. The second-order valence-corrected chi connectivity index (χ2v) is 8.42. The minimum absolute atomic E-state index is 0.0631. The van der Waals surface area contributed by atoms with Crippen molar-refractivity contribution in [3.63, 3.8) is 0 Å². The molecule has 160 valence electrons. The molecule has 1 aromatic rings. The Kier molecular flexibility index (Phi) is 8.03. The van der Waals surface area contributed by atoms with E-state index in [0.29, 0.717) is 26.2 Å². The molecule has 3 rings (SSSR count). The molecular formula is C22H35N5O2.